The van der Waals surface area contributed by atoms with Crippen LogP contribution in [0.25, 0.3) is 55.2 Å². The summed E-state index contributed by atoms with van der Waals surface area (Å²) in [6, 6.07) is 17.2. The fraction of sp³-hybridized carbons (Fsp3) is 0.0938. The number of rotatable bonds is 7. The van der Waals surface area contributed by atoms with Gasteiger partial charge >= 0.3 is 0 Å². The van der Waals surface area contributed by atoms with Gasteiger partial charge in [0.25, 0.3) is 0 Å². The molecule has 6 heterocycles. The van der Waals surface area contributed by atoms with E-state index in [9.17, 15) is 9.59 Å². The molecule has 1 aromatic carbocycles. The lowest BCUT2D eigenvalue weighted by Gasteiger charge is -2.07. The Labute approximate surface area is 250 Å². The number of hydrogen-bond donors (Lipinski definition) is 3. The predicted octanol–water partition coefficient (Wildman–Crippen LogP) is 6.71. The first-order chi connectivity index (χ1) is 20.5. The number of carbonyl (C=O) groups is 2. The summed E-state index contributed by atoms with van der Waals surface area (Å²) in [6.45, 7) is 1.56. The van der Waals surface area contributed by atoms with Crippen LogP contribution in [0.3, 0.4) is 0 Å². The number of anilines is 1. The fourth-order valence-electron chi connectivity index (χ4n) is 4.79. The largest absolute Gasteiger partial charge is 0.335 e. The van der Waals surface area contributed by atoms with Gasteiger partial charge in [0.1, 0.15) is 11.2 Å². The van der Waals surface area contributed by atoms with Crippen molar-refractivity contribution < 1.29 is 9.59 Å². The van der Waals surface area contributed by atoms with Gasteiger partial charge in [-0.1, -0.05) is 37.8 Å². The Hall–Kier alpha value is -5.55. The maximum absolute atomic E-state index is 12.6. The number of nitrogens with zero attached hydrogens (tertiary/aromatic N) is 5. The first-order valence-corrected chi connectivity index (χ1v) is 13.9. The van der Waals surface area contributed by atoms with Gasteiger partial charge in [0.15, 0.2) is 17.3 Å². The fourth-order valence-corrected chi connectivity index (χ4v) is 5.71. The van der Waals surface area contributed by atoms with Crippen molar-refractivity contribution in [3.8, 4) is 33.1 Å². The summed E-state index contributed by atoms with van der Waals surface area (Å²) in [5.74, 6) is 0.491. The first kappa shape index (κ1) is 27.6. The monoisotopic (exact) mass is 586 g/mol. The Balaban J connectivity index is 0.00000329. The summed E-state index contributed by atoms with van der Waals surface area (Å²) >= 11 is 1.42. The predicted molar refractivity (Wildman–Crippen MR) is 169 cm³/mol. The van der Waals surface area contributed by atoms with Crippen LogP contribution in [0, 0.1) is 0 Å². The number of fused-ring (bicyclic) bond motifs is 2. The summed E-state index contributed by atoms with van der Waals surface area (Å²) in [4.78, 5) is 47.5. The van der Waals surface area contributed by atoms with Gasteiger partial charge < -0.3 is 10.3 Å². The molecule has 7 rings (SSSR count). The number of aromatic amines is 2. The van der Waals surface area contributed by atoms with Gasteiger partial charge in [-0.25, -0.2) is 9.97 Å². The minimum Gasteiger partial charge on any atom is -0.335 e. The molecule has 0 aliphatic rings. The average molecular weight is 587 g/mol. The molecule has 11 heteroatoms. The highest BCUT2D eigenvalue weighted by Crippen LogP contribution is 2.35. The number of ketones is 1. The van der Waals surface area contributed by atoms with E-state index in [0.29, 0.717) is 27.7 Å². The Morgan fingerprint density at radius 3 is 2.56 bits per heavy atom. The zero-order valence-electron chi connectivity index (χ0n) is 22.3. The average Bonchev–Trinajstić information content (AvgIpc) is 3.75. The summed E-state index contributed by atoms with van der Waals surface area (Å²) in [5, 5.41) is 11.2. The van der Waals surface area contributed by atoms with Crippen LogP contribution in [0.2, 0.25) is 0 Å². The molecule has 0 unspecified atom stereocenters. The van der Waals surface area contributed by atoms with Gasteiger partial charge in [-0.05, 0) is 36.8 Å². The molecule has 7 aromatic rings. The number of aromatic nitrogens is 7. The van der Waals surface area contributed by atoms with Crippen LogP contribution in [0.1, 0.15) is 29.6 Å². The van der Waals surface area contributed by atoms with E-state index in [2.05, 4.69) is 35.5 Å². The lowest BCUT2D eigenvalue weighted by Crippen LogP contribution is -2.14. The van der Waals surface area contributed by atoms with Crippen molar-refractivity contribution in [3.05, 3.63) is 96.0 Å². The topological polar surface area (TPSA) is 142 Å². The van der Waals surface area contributed by atoms with Crippen molar-refractivity contribution >= 4 is 50.8 Å². The zero-order valence-corrected chi connectivity index (χ0v) is 23.1. The van der Waals surface area contributed by atoms with Gasteiger partial charge in [0.05, 0.1) is 40.3 Å². The standard InChI is InChI=1S/C31H22N8O2S.CH4/c1-17(40)25-7-8-26(42-25)23-15-33-16-24-28(23)37-31(36-24)29-22-11-20(13-34-30(22)39-38-29)19-10-21(14-32-12-19)35-27(41)9-18-5-3-2-4-6-18;/h2-8,10-16H,9H2,1H3,(H,35,41)(H,36,37)(H,34,38,39);1H4. The normalized spacial score (nSPS) is 11.0. The zero-order chi connectivity index (χ0) is 28.6. The van der Waals surface area contributed by atoms with Crippen LogP contribution in [0.4, 0.5) is 5.69 Å². The van der Waals surface area contributed by atoms with Crippen LogP contribution in [0.15, 0.2) is 85.6 Å². The number of amides is 1. The second-order valence-corrected chi connectivity index (χ2v) is 10.8. The molecule has 0 fully saturated rings. The van der Waals surface area contributed by atoms with Gasteiger partial charge in [0, 0.05) is 40.2 Å². The number of pyridine rings is 3. The minimum atomic E-state index is -0.121. The van der Waals surface area contributed by atoms with Gasteiger partial charge in [-0.3, -0.25) is 24.7 Å². The number of imidazole rings is 1. The van der Waals surface area contributed by atoms with Crippen molar-refractivity contribution in [3.63, 3.8) is 0 Å². The summed E-state index contributed by atoms with van der Waals surface area (Å²) < 4.78 is 0. The molecule has 0 bridgehead atoms. The van der Waals surface area contributed by atoms with Gasteiger partial charge in [-0.15, -0.1) is 11.3 Å². The molecule has 43 heavy (non-hydrogen) atoms. The van der Waals surface area contributed by atoms with Crippen molar-refractivity contribution in [2.75, 3.05) is 5.32 Å². The molecule has 0 atom stereocenters. The third-order valence-corrected chi connectivity index (χ3v) is 8.04. The Kier molecular flexibility index (Phi) is 7.31. The maximum atomic E-state index is 12.6. The number of benzene rings is 1. The molecule has 0 aliphatic carbocycles. The third-order valence-electron chi connectivity index (χ3n) is 6.82. The van der Waals surface area contributed by atoms with E-state index in [-0.39, 0.29) is 25.5 Å². The number of H-pyrrole nitrogens is 2. The SMILES string of the molecule is C.CC(=O)c1ccc(-c2cncc3[nH]c(-c4[nH]nc5ncc(-c6cncc(NC(=O)Cc7ccccc7)c6)cc45)nc23)s1. The Morgan fingerprint density at radius 1 is 0.930 bits per heavy atom. The molecule has 0 radical (unpaired) electrons. The number of hydrogen-bond acceptors (Lipinski definition) is 8. The van der Waals surface area contributed by atoms with E-state index in [0.717, 1.165) is 43.6 Å². The smallest absolute Gasteiger partial charge is 0.228 e. The summed E-state index contributed by atoms with van der Waals surface area (Å²) in [7, 11) is 0. The highest BCUT2D eigenvalue weighted by Gasteiger charge is 2.18. The lowest BCUT2D eigenvalue weighted by atomic mass is 10.1. The Morgan fingerprint density at radius 2 is 1.74 bits per heavy atom. The van der Waals surface area contributed by atoms with Crippen LogP contribution in [-0.4, -0.2) is 46.8 Å². The van der Waals surface area contributed by atoms with Gasteiger partial charge in [-0.2, -0.15) is 5.10 Å². The summed E-state index contributed by atoms with van der Waals surface area (Å²) in [6.07, 6.45) is 8.82. The number of carbonyl (C=O) groups excluding carboxylic acids is 2. The van der Waals surface area contributed by atoms with Crippen LogP contribution >= 0.6 is 11.3 Å². The molecule has 0 aliphatic heterocycles. The van der Waals surface area contributed by atoms with E-state index in [1.807, 2.05) is 54.6 Å². The van der Waals surface area contributed by atoms with E-state index in [1.54, 1.807) is 37.9 Å². The molecule has 6 aromatic heterocycles. The molecule has 0 spiro atoms. The third kappa shape index (κ3) is 5.41. The number of nitrogens with one attached hydrogen (secondary N) is 3. The molecule has 10 nitrogen and oxygen atoms in total. The van der Waals surface area contributed by atoms with Gasteiger partial charge in [0.2, 0.25) is 5.91 Å². The molecular weight excluding hydrogens is 560 g/mol. The van der Waals surface area contributed by atoms with Crippen molar-refractivity contribution in [1.82, 2.24) is 35.1 Å². The van der Waals surface area contributed by atoms with E-state index in [4.69, 9.17) is 4.98 Å². The highest BCUT2D eigenvalue weighted by molar-refractivity contribution is 7.17. The first-order valence-electron chi connectivity index (χ1n) is 13.1. The van der Waals surface area contributed by atoms with Crippen LogP contribution < -0.4 is 5.32 Å². The maximum Gasteiger partial charge on any atom is 0.228 e. The lowest BCUT2D eigenvalue weighted by molar-refractivity contribution is -0.115. The van der Waals surface area contributed by atoms with E-state index < -0.39 is 0 Å². The quantitative estimate of drug-likeness (QED) is 0.176. The molecule has 0 saturated carbocycles. The van der Waals surface area contributed by atoms with Crippen LogP contribution in [0.5, 0.6) is 0 Å². The molecule has 3 N–H and O–H groups in total. The second kappa shape index (κ2) is 11.4. The highest BCUT2D eigenvalue weighted by atomic mass is 32.1. The van der Waals surface area contributed by atoms with Crippen molar-refractivity contribution in [2.45, 2.75) is 20.8 Å². The second-order valence-electron chi connectivity index (χ2n) is 9.76. The van der Waals surface area contributed by atoms with E-state index >= 15 is 0 Å². The van der Waals surface area contributed by atoms with E-state index in [1.165, 1.54) is 11.3 Å². The minimum absolute atomic E-state index is 0. The number of Topliss-reactive ketones (excluding diaryl/α,β-unsaturated/α-hetero) is 1. The number of thiophene rings is 1. The molecule has 1 amide bonds. The Bertz CT molecular complexity index is 2110. The molecule has 0 saturated heterocycles. The van der Waals surface area contributed by atoms with Crippen molar-refractivity contribution in [1.29, 1.82) is 0 Å². The van der Waals surface area contributed by atoms with Crippen LogP contribution in [-0.2, 0) is 11.2 Å². The van der Waals surface area contributed by atoms with Crippen molar-refractivity contribution in [2.24, 2.45) is 0 Å². The molecule has 212 valence electrons. The summed E-state index contributed by atoms with van der Waals surface area (Å²) in [5.41, 5.74) is 6.70. The molecular formula is C32H26N8O2S.